The number of amides is 1. The number of benzene rings is 1. The summed E-state index contributed by atoms with van der Waals surface area (Å²) in [6, 6.07) is 9.92. The van der Waals surface area contributed by atoms with E-state index >= 15 is 0 Å². The minimum Gasteiger partial charge on any atom is -0.447 e. The largest absolute Gasteiger partial charge is 0.447 e. The van der Waals surface area contributed by atoms with E-state index in [-0.39, 0.29) is 6.09 Å². The van der Waals surface area contributed by atoms with Crippen LogP contribution in [0.4, 0.5) is 10.5 Å². The normalized spacial score (nSPS) is 16.9. The van der Waals surface area contributed by atoms with Crippen molar-refractivity contribution in [2.24, 2.45) is 0 Å². The molecule has 0 atom stereocenters. The molecule has 27 heavy (non-hydrogen) atoms. The molecule has 1 N–H and O–H groups in total. The number of anilines is 1. The molecule has 1 fully saturated rings. The lowest BCUT2D eigenvalue weighted by atomic mass is 10.2. The number of rotatable bonds is 3. The molecule has 0 bridgehead atoms. The summed E-state index contributed by atoms with van der Waals surface area (Å²) in [6.07, 6.45) is 4.45. The number of imidazole rings is 1. The van der Waals surface area contributed by atoms with Gasteiger partial charge in [-0.1, -0.05) is 6.07 Å². The van der Waals surface area contributed by atoms with E-state index in [0.29, 0.717) is 13.2 Å². The van der Waals surface area contributed by atoms with Crippen LogP contribution in [0.25, 0.3) is 17.2 Å². The topological polar surface area (TPSA) is 77.2 Å². The van der Waals surface area contributed by atoms with E-state index in [1.165, 1.54) is 5.69 Å². The summed E-state index contributed by atoms with van der Waals surface area (Å²) < 4.78 is 9.11. The van der Waals surface area contributed by atoms with E-state index in [4.69, 9.17) is 9.84 Å². The molecule has 0 saturated carbocycles. The number of aromatic nitrogens is 4. The van der Waals surface area contributed by atoms with Crippen LogP contribution in [0.3, 0.4) is 0 Å². The van der Waals surface area contributed by atoms with Crippen molar-refractivity contribution < 1.29 is 9.53 Å². The Labute approximate surface area is 156 Å². The molecule has 2 aliphatic heterocycles. The number of fused-ring (bicyclic) bond motifs is 1. The third-order valence-electron chi connectivity index (χ3n) is 4.94. The number of carbonyl (C=O) groups excluding carboxylic acids is 1. The van der Waals surface area contributed by atoms with Crippen molar-refractivity contribution in [1.29, 1.82) is 0 Å². The zero-order chi connectivity index (χ0) is 18.2. The number of carbonyl (C=O) groups is 1. The molecule has 0 unspecified atom stereocenters. The highest BCUT2D eigenvalue weighted by Gasteiger charge is 2.24. The maximum Gasteiger partial charge on any atom is 0.414 e. The quantitative estimate of drug-likeness (QED) is 0.771. The summed E-state index contributed by atoms with van der Waals surface area (Å²) in [5, 5.41) is 8.17. The molecule has 3 aromatic rings. The van der Waals surface area contributed by atoms with Gasteiger partial charge in [-0.3, -0.25) is 14.1 Å². The lowest BCUT2D eigenvalue weighted by Gasteiger charge is -2.14. The van der Waals surface area contributed by atoms with Gasteiger partial charge in [-0.15, -0.1) is 0 Å². The Balaban J connectivity index is 1.51. The van der Waals surface area contributed by atoms with Crippen LogP contribution in [0.1, 0.15) is 12.1 Å². The Morgan fingerprint density at radius 2 is 2.07 bits per heavy atom. The average Bonchev–Trinajstić information content (AvgIpc) is 3.39. The minimum absolute atomic E-state index is 0.302. The van der Waals surface area contributed by atoms with Gasteiger partial charge in [0.1, 0.15) is 12.3 Å². The fourth-order valence-corrected chi connectivity index (χ4v) is 3.61. The van der Waals surface area contributed by atoms with Gasteiger partial charge in [0.25, 0.3) is 0 Å². The summed E-state index contributed by atoms with van der Waals surface area (Å²) in [6.45, 7) is 3.74. The summed E-state index contributed by atoms with van der Waals surface area (Å²) in [5.41, 5.74) is 3.77. The zero-order valence-corrected chi connectivity index (χ0v) is 14.8. The number of nitrogens with one attached hydrogen (secondary N) is 1. The Kier molecular flexibility index (Phi) is 3.90. The SMILES string of the molecule is O=C1OCCN1c1cccc(-n2ccnc2-c2cc3n(n2)CCCNC3)c1. The fraction of sp³-hybridized carbons (Fsp3) is 0.316. The van der Waals surface area contributed by atoms with Crippen molar-refractivity contribution in [2.75, 3.05) is 24.6 Å². The number of hydrogen-bond acceptors (Lipinski definition) is 5. The van der Waals surface area contributed by atoms with Crippen molar-refractivity contribution in [3.8, 4) is 17.2 Å². The molecule has 1 saturated heterocycles. The summed E-state index contributed by atoms with van der Waals surface area (Å²) in [4.78, 5) is 18.0. The molecule has 1 amide bonds. The predicted octanol–water partition coefficient (Wildman–Crippen LogP) is 2.19. The van der Waals surface area contributed by atoms with Gasteiger partial charge in [0, 0.05) is 36.9 Å². The van der Waals surface area contributed by atoms with Crippen LogP contribution in [0, 0.1) is 0 Å². The van der Waals surface area contributed by atoms with E-state index < -0.39 is 0 Å². The molecule has 4 heterocycles. The van der Waals surface area contributed by atoms with Crippen LogP contribution in [-0.4, -0.2) is 45.1 Å². The molecule has 0 radical (unpaired) electrons. The monoisotopic (exact) mass is 364 g/mol. The van der Waals surface area contributed by atoms with Gasteiger partial charge in [0.15, 0.2) is 5.82 Å². The molecule has 8 nitrogen and oxygen atoms in total. The number of nitrogens with zero attached hydrogens (tertiary/aromatic N) is 5. The molecule has 1 aromatic carbocycles. The first-order valence-electron chi connectivity index (χ1n) is 9.15. The second-order valence-electron chi connectivity index (χ2n) is 6.68. The second kappa shape index (κ2) is 6.55. The van der Waals surface area contributed by atoms with E-state index in [1.54, 1.807) is 11.1 Å². The van der Waals surface area contributed by atoms with Crippen LogP contribution < -0.4 is 10.2 Å². The first-order chi connectivity index (χ1) is 13.3. The van der Waals surface area contributed by atoms with Crippen LogP contribution >= 0.6 is 0 Å². The van der Waals surface area contributed by atoms with Crippen molar-refractivity contribution in [3.05, 3.63) is 48.4 Å². The van der Waals surface area contributed by atoms with Gasteiger partial charge in [-0.25, -0.2) is 9.78 Å². The summed E-state index contributed by atoms with van der Waals surface area (Å²) in [7, 11) is 0. The first-order valence-corrected chi connectivity index (χ1v) is 9.15. The van der Waals surface area contributed by atoms with Crippen molar-refractivity contribution in [3.63, 3.8) is 0 Å². The van der Waals surface area contributed by atoms with Crippen LogP contribution in [0.15, 0.2) is 42.7 Å². The Hall–Kier alpha value is -3.13. The molecule has 2 aromatic heterocycles. The van der Waals surface area contributed by atoms with E-state index in [2.05, 4.69) is 21.0 Å². The van der Waals surface area contributed by atoms with Crippen LogP contribution in [0.2, 0.25) is 0 Å². The van der Waals surface area contributed by atoms with E-state index in [9.17, 15) is 4.79 Å². The maximum absolute atomic E-state index is 11.9. The van der Waals surface area contributed by atoms with Crippen LogP contribution in [-0.2, 0) is 17.8 Å². The third-order valence-corrected chi connectivity index (χ3v) is 4.94. The highest BCUT2D eigenvalue weighted by molar-refractivity contribution is 5.89. The van der Waals surface area contributed by atoms with Gasteiger partial charge in [-0.2, -0.15) is 5.10 Å². The standard InChI is InChI=1S/C19H20N6O2/c26-19-24(9-10-27-19)15-4-1-3-14(11-15)23-8-6-21-18(23)17-12-16-13-20-5-2-7-25(16)22-17/h1,3-4,6,8,11-12,20H,2,5,7,9-10,13H2. The maximum atomic E-state index is 11.9. The van der Waals surface area contributed by atoms with Gasteiger partial charge in [0.2, 0.25) is 0 Å². The number of aryl methyl sites for hydroxylation is 1. The number of cyclic esters (lactones) is 1. The molecule has 0 aliphatic carbocycles. The first kappa shape index (κ1) is 16.1. The fourth-order valence-electron chi connectivity index (χ4n) is 3.61. The lowest BCUT2D eigenvalue weighted by Crippen LogP contribution is -2.23. The van der Waals surface area contributed by atoms with Crippen molar-refractivity contribution >= 4 is 11.8 Å². The van der Waals surface area contributed by atoms with Crippen molar-refractivity contribution in [1.82, 2.24) is 24.6 Å². The van der Waals surface area contributed by atoms with E-state index in [0.717, 1.165) is 48.9 Å². The Morgan fingerprint density at radius 3 is 2.96 bits per heavy atom. The van der Waals surface area contributed by atoms with Gasteiger partial charge in [0.05, 0.1) is 12.2 Å². The molecular formula is C19H20N6O2. The number of hydrogen-bond donors (Lipinski definition) is 1. The van der Waals surface area contributed by atoms with Gasteiger partial charge >= 0.3 is 6.09 Å². The van der Waals surface area contributed by atoms with Crippen LogP contribution in [0.5, 0.6) is 0 Å². The average molecular weight is 364 g/mol. The number of ether oxygens (including phenoxy) is 1. The van der Waals surface area contributed by atoms with E-state index in [1.807, 2.05) is 35.0 Å². The Bertz CT molecular complexity index is 968. The smallest absolute Gasteiger partial charge is 0.414 e. The predicted molar refractivity (Wildman–Crippen MR) is 99.8 cm³/mol. The molecular weight excluding hydrogens is 344 g/mol. The minimum atomic E-state index is -0.302. The van der Waals surface area contributed by atoms with Crippen molar-refractivity contribution in [2.45, 2.75) is 19.5 Å². The molecule has 5 rings (SSSR count). The summed E-state index contributed by atoms with van der Waals surface area (Å²) >= 11 is 0. The van der Waals surface area contributed by atoms with Gasteiger partial charge < -0.3 is 10.1 Å². The lowest BCUT2D eigenvalue weighted by molar-refractivity contribution is 0.181. The zero-order valence-electron chi connectivity index (χ0n) is 14.8. The Morgan fingerprint density at radius 1 is 1.15 bits per heavy atom. The highest BCUT2D eigenvalue weighted by Crippen LogP contribution is 2.26. The van der Waals surface area contributed by atoms with Gasteiger partial charge in [-0.05, 0) is 37.2 Å². The second-order valence-corrected chi connectivity index (χ2v) is 6.68. The summed E-state index contributed by atoms with van der Waals surface area (Å²) in [5.74, 6) is 0.789. The molecule has 0 spiro atoms. The third kappa shape index (κ3) is 2.87. The molecule has 2 aliphatic rings. The molecule has 138 valence electrons. The molecule has 8 heteroatoms. The highest BCUT2D eigenvalue weighted by atomic mass is 16.6.